The lowest BCUT2D eigenvalue weighted by molar-refractivity contribution is 0.321. The Morgan fingerprint density at radius 2 is 0.600 bits per heavy atom. The molecule has 118 valence electrons. The van der Waals surface area contributed by atoms with E-state index in [4.69, 9.17) is 0 Å². The molecule has 0 spiro atoms. The summed E-state index contributed by atoms with van der Waals surface area (Å²) in [4.78, 5) is 0. The SMILES string of the molecule is C1CCCCC(CCC2CCCCCCCC2)CCC1. The van der Waals surface area contributed by atoms with Crippen molar-refractivity contribution in [3.05, 3.63) is 0 Å². The van der Waals surface area contributed by atoms with Crippen molar-refractivity contribution < 1.29 is 0 Å². The normalized spacial score (nSPS) is 25.8. The first-order valence-electron chi connectivity index (χ1n) is 9.95. The molecule has 2 rings (SSSR count). The molecule has 0 radical (unpaired) electrons. The molecule has 2 aliphatic carbocycles. The number of rotatable bonds is 3. The van der Waals surface area contributed by atoms with Crippen LogP contribution in [0.25, 0.3) is 0 Å². The Bertz CT molecular complexity index is 176. The van der Waals surface area contributed by atoms with Gasteiger partial charge in [-0.3, -0.25) is 0 Å². The Kier molecular flexibility index (Phi) is 8.75. The van der Waals surface area contributed by atoms with Crippen molar-refractivity contribution in [2.75, 3.05) is 0 Å². The van der Waals surface area contributed by atoms with Gasteiger partial charge in [-0.1, -0.05) is 116 Å². The van der Waals surface area contributed by atoms with Gasteiger partial charge >= 0.3 is 0 Å². The lowest BCUT2D eigenvalue weighted by Crippen LogP contribution is -2.06. The molecule has 2 fully saturated rings. The minimum Gasteiger partial charge on any atom is -0.0533 e. The standard InChI is InChI=1S/C20H38/c1-2-6-10-14-19(13-9-5-1)17-18-20-15-11-7-3-4-8-12-16-20/h19-20H,1-18H2. The van der Waals surface area contributed by atoms with E-state index in [2.05, 4.69) is 0 Å². The molecule has 0 heteroatoms. The van der Waals surface area contributed by atoms with E-state index < -0.39 is 0 Å². The Labute approximate surface area is 128 Å². The summed E-state index contributed by atoms with van der Waals surface area (Å²) < 4.78 is 0. The summed E-state index contributed by atoms with van der Waals surface area (Å²) in [6.07, 6.45) is 27.5. The third-order valence-corrected chi connectivity index (χ3v) is 5.93. The zero-order chi connectivity index (χ0) is 13.9. The zero-order valence-corrected chi connectivity index (χ0v) is 13.9. The highest BCUT2D eigenvalue weighted by Crippen LogP contribution is 2.30. The molecule has 0 amide bonds. The maximum absolute atomic E-state index is 1.56. The highest BCUT2D eigenvalue weighted by atomic mass is 14.2. The summed E-state index contributed by atoms with van der Waals surface area (Å²) in [6, 6.07) is 0. The van der Waals surface area contributed by atoms with Crippen LogP contribution < -0.4 is 0 Å². The molecule has 2 saturated carbocycles. The summed E-state index contributed by atoms with van der Waals surface area (Å²) in [6.45, 7) is 0. The predicted molar refractivity (Wildman–Crippen MR) is 90.1 cm³/mol. The quantitative estimate of drug-likeness (QED) is 0.509. The molecule has 0 bridgehead atoms. The van der Waals surface area contributed by atoms with Gasteiger partial charge in [0.25, 0.3) is 0 Å². The third-order valence-electron chi connectivity index (χ3n) is 5.93. The minimum absolute atomic E-state index is 1.08. The van der Waals surface area contributed by atoms with E-state index in [1.807, 2.05) is 0 Å². The highest BCUT2D eigenvalue weighted by molar-refractivity contribution is 4.68. The molecule has 0 aromatic carbocycles. The maximum atomic E-state index is 1.56. The lowest BCUT2D eigenvalue weighted by Gasteiger charge is -2.21. The fourth-order valence-electron chi connectivity index (χ4n) is 4.48. The van der Waals surface area contributed by atoms with Crippen LogP contribution >= 0.6 is 0 Å². The molecule has 0 atom stereocenters. The van der Waals surface area contributed by atoms with Crippen LogP contribution in [0.5, 0.6) is 0 Å². The fraction of sp³-hybridized carbons (Fsp3) is 1.00. The second-order valence-corrected chi connectivity index (χ2v) is 7.71. The van der Waals surface area contributed by atoms with Gasteiger partial charge in [0.2, 0.25) is 0 Å². The Balaban J connectivity index is 1.67. The summed E-state index contributed by atoms with van der Waals surface area (Å²) in [7, 11) is 0. The average Bonchev–Trinajstić information content (AvgIpc) is 2.68. The van der Waals surface area contributed by atoms with Crippen molar-refractivity contribution in [2.24, 2.45) is 11.8 Å². The monoisotopic (exact) mass is 278 g/mol. The first-order valence-corrected chi connectivity index (χ1v) is 9.95. The van der Waals surface area contributed by atoms with Gasteiger partial charge in [0.1, 0.15) is 0 Å². The maximum Gasteiger partial charge on any atom is -0.0414 e. The van der Waals surface area contributed by atoms with Crippen LogP contribution in [-0.2, 0) is 0 Å². The van der Waals surface area contributed by atoms with Gasteiger partial charge in [-0.05, 0) is 11.8 Å². The van der Waals surface area contributed by atoms with Gasteiger partial charge in [-0.2, -0.15) is 0 Å². The van der Waals surface area contributed by atoms with E-state index in [1.165, 1.54) is 77.0 Å². The molecule has 0 unspecified atom stereocenters. The van der Waals surface area contributed by atoms with E-state index in [-0.39, 0.29) is 0 Å². The third kappa shape index (κ3) is 7.14. The van der Waals surface area contributed by atoms with Crippen LogP contribution in [-0.4, -0.2) is 0 Å². The summed E-state index contributed by atoms with van der Waals surface area (Å²) in [5, 5.41) is 0. The summed E-state index contributed by atoms with van der Waals surface area (Å²) in [5.74, 6) is 2.17. The fourth-order valence-corrected chi connectivity index (χ4v) is 4.48. The first-order chi connectivity index (χ1) is 9.95. The zero-order valence-electron chi connectivity index (χ0n) is 13.9. The number of hydrogen-bond acceptors (Lipinski definition) is 0. The molecular formula is C20H38. The van der Waals surface area contributed by atoms with E-state index in [9.17, 15) is 0 Å². The lowest BCUT2D eigenvalue weighted by atomic mass is 9.85. The van der Waals surface area contributed by atoms with Crippen molar-refractivity contribution in [2.45, 2.75) is 116 Å². The van der Waals surface area contributed by atoms with Gasteiger partial charge < -0.3 is 0 Å². The van der Waals surface area contributed by atoms with Crippen molar-refractivity contribution >= 4 is 0 Å². The van der Waals surface area contributed by atoms with Crippen LogP contribution in [0.15, 0.2) is 0 Å². The molecule has 0 aromatic rings. The van der Waals surface area contributed by atoms with Gasteiger partial charge in [0.15, 0.2) is 0 Å². The Morgan fingerprint density at radius 3 is 0.900 bits per heavy atom. The van der Waals surface area contributed by atoms with Crippen molar-refractivity contribution in [3.63, 3.8) is 0 Å². The van der Waals surface area contributed by atoms with Crippen LogP contribution in [0.4, 0.5) is 0 Å². The minimum atomic E-state index is 1.08. The number of hydrogen-bond donors (Lipinski definition) is 0. The van der Waals surface area contributed by atoms with E-state index in [1.54, 1.807) is 38.5 Å². The molecule has 20 heavy (non-hydrogen) atoms. The Hall–Kier alpha value is 0. The summed E-state index contributed by atoms with van der Waals surface area (Å²) >= 11 is 0. The van der Waals surface area contributed by atoms with E-state index in [0.717, 1.165) is 11.8 Å². The molecule has 0 aromatic heterocycles. The summed E-state index contributed by atoms with van der Waals surface area (Å²) in [5.41, 5.74) is 0. The first kappa shape index (κ1) is 16.4. The van der Waals surface area contributed by atoms with Crippen molar-refractivity contribution in [1.29, 1.82) is 0 Å². The molecule has 2 aliphatic rings. The molecule has 0 nitrogen and oxygen atoms in total. The highest BCUT2D eigenvalue weighted by Gasteiger charge is 2.15. The van der Waals surface area contributed by atoms with Gasteiger partial charge in [-0.15, -0.1) is 0 Å². The van der Waals surface area contributed by atoms with Crippen LogP contribution in [0.3, 0.4) is 0 Å². The van der Waals surface area contributed by atoms with Gasteiger partial charge in [-0.25, -0.2) is 0 Å². The second kappa shape index (κ2) is 10.7. The molecule has 0 aliphatic heterocycles. The van der Waals surface area contributed by atoms with E-state index in [0.29, 0.717) is 0 Å². The molecule has 0 saturated heterocycles. The predicted octanol–water partition coefficient (Wildman–Crippen LogP) is 7.27. The molecule has 0 N–H and O–H groups in total. The van der Waals surface area contributed by atoms with Crippen LogP contribution in [0, 0.1) is 11.8 Å². The smallest absolute Gasteiger partial charge is 0.0414 e. The second-order valence-electron chi connectivity index (χ2n) is 7.71. The largest absolute Gasteiger partial charge is 0.0533 e. The van der Waals surface area contributed by atoms with E-state index >= 15 is 0 Å². The van der Waals surface area contributed by atoms with Gasteiger partial charge in [0, 0.05) is 0 Å². The topological polar surface area (TPSA) is 0 Å². The van der Waals surface area contributed by atoms with Crippen molar-refractivity contribution in [3.8, 4) is 0 Å². The van der Waals surface area contributed by atoms with Gasteiger partial charge in [0.05, 0.1) is 0 Å². The molecular weight excluding hydrogens is 240 g/mol. The Morgan fingerprint density at radius 1 is 0.350 bits per heavy atom. The van der Waals surface area contributed by atoms with Crippen LogP contribution in [0.1, 0.15) is 116 Å². The van der Waals surface area contributed by atoms with Crippen LogP contribution in [0.2, 0.25) is 0 Å². The molecule has 0 heterocycles. The van der Waals surface area contributed by atoms with Crippen molar-refractivity contribution in [1.82, 2.24) is 0 Å². The average molecular weight is 279 g/mol.